The van der Waals surface area contributed by atoms with Gasteiger partial charge < -0.3 is 19.1 Å². The maximum Gasteiger partial charge on any atom is 0.0714 e. The van der Waals surface area contributed by atoms with Crippen molar-refractivity contribution in [3.63, 3.8) is 0 Å². The van der Waals surface area contributed by atoms with Crippen LogP contribution in [0.25, 0.3) is 0 Å². The minimum Gasteiger partial charge on any atom is -0.382 e. The third-order valence-corrected chi connectivity index (χ3v) is 2.83. The van der Waals surface area contributed by atoms with E-state index in [1.54, 1.807) is 7.11 Å². The SMILES string of the molecule is CCO[C@H]1CCN(CCCOCCOC)C1. The lowest BCUT2D eigenvalue weighted by molar-refractivity contribution is 0.0593. The van der Waals surface area contributed by atoms with E-state index in [9.17, 15) is 0 Å². The second-order valence-electron chi connectivity index (χ2n) is 4.13. The molecule has 16 heavy (non-hydrogen) atoms. The molecule has 1 rings (SSSR count). The van der Waals surface area contributed by atoms with E-state index in [2.05, 4.69) is 11.8 Å². The van der Waals surface area contributed by atoms with E-state index in [-0.39, 0.29) is 0 Å². The van der Waals surface area contributed by atoms with Crippen molar-refractivity contribution in [3.05, 3.63) is 0 Å². The average Bonchev–Trinajstić information content (AvgIpc) is 2.72. The third kappa shape index (κ3) is 5.80. The first-order valence-electron chi connectivity index (χ1n) is 6.27. The molecule has 0 aromatic carbocycles. The molecule has 0 aliphatic carbocycles. The van der Waals surface area contributed by atoms with Gasteiger partial charge in [-0.2, -0.15) is 0 Å². The lowest BCUT2D eigenvalue weighted by Gasteiger charge is -2.15. The molecule has 0 aromatic rings. The van der Waals surface area contributed by atoms with Crippen LogP contribution in [0.3, 0.4) is 0 Å². The van der Waals surface area contributed by atoms with Gasteiger partial charge in [0.2, 0.25) is 0 Å². The predicted octanol–water partition coefficient (Wildman–Crippen LogP) is 1.15. The molecule has 0 N–H and O–H groups in total. The Labute approximate surface area is 98.8 Å². The van der Waals surface area contributed by atoms with Crippen LogP contribution in [0.1, 0.15) is 19.8 Å². The normalized spacial score (nSPS) is 21.8. The van der Waals surface area contributed by atoms with Crippen molar-refractivity contribution >= 4 is 0 Å². The fourth-order valence-corrected chi connectivity index (χ4v) is 2.01. The Morgan fingerprint density at radius 1 is 1.25 bits per heavy atom. The number of rotatable bonds is 9. The second kappa shape index (κ2) is 8.93. The van der Waals surface area contributed by atoms with Crippen LogP contribution in [0, 0.1) is 0 Å². The molecule has 0 saturated carbocycles. The standard InChI is InChI=1S/C12H25NO3/c1-3-16-12-5-7-13(11-12)6-4-8-15-10-9-14-2/h12H,3-11H2,1-2H3/t12-/m0/s1. The summed E-state index contributed by atoms with van der Waals surface area (Å²) < 4.78 is 15.9. The molecule has 4 heteroatoms. The smallest absolute Gasteiger partial charge is 0.0714 e. The van der Waals surface area contributed by atoms with Crippen molar-refractivity contribution in [2.45, 2.75) is 25.9 Å². The van der Waals surface area contributed by atoms with Crippen molar-refractivity contribution in [1.82, 2.24) is 4.90 Å². The Hall–Kier alpha value is -0.160. The molecule has 0 amide bonds. The van der Waals surface area contributed by atoms with Crippen molar-refractivity contribution < 1.29 is 14.2 Å². The van der Waals surface area contributed by atoms with Gasteiger partial charge in [-0.05, 0) is 19.8 Å². The highest BCUT2D eigenvalue weighted by atomic mass is 16.5. The van der Waals surface area contributed by atoms with E-state index in [1.165, 1.54) is 13.0 Å². The summed E-state index contributed by atoms with van der Waals surface area (Å²) in [6, 6.07) is 0. The van der Waals surface area contributed by atoms with Gasteiger partial charge in [-0.3, -0.25) is 0 Å². The summed E-state index contributed by atoms with van der Waals surface area (Å²) in [5, 5.41) is 0. The molecule has 4 nitrogen and oxygen atoms in total. The second-order valence-corrected chi connectivity index (χ2v) is 4.13. The zero-order valence-electron chi connectivity index (χ0n) is 10.6. The first-order valence-corrected chi connectivity index (χ1v) is 6.27. The molecule has 1 heterocycles. The van der Waals surface area contributed by atoms with Crippen LogP contribution in [-0.4, -0.2) is 64.2 Å². The number of likely N-dealkylation sites (tertiary alicyclic amines) is 1. The molecule has 0 spiro atoms. The summed E-state index contributed by atoms with van der Waals surface area (Å²) in [7, 11) is 1.70. The average molecular weight is 231 g/mol. The fraction of sp³-hybridized carbons (Fsp3) is 1.00. The summed E-state index contributed by atoms with van der Waals surface area (Å²) in [5.74, 6) is 0. The molecular formula is C12H25NO3. The van der Waals surface area contributed by atoms with Crippen molar-refractivity contribution in [2.75, 3.05) is 53.2 Å². The Kier molecular flexibility index (Phi) is 7.76. The minimum atomic E-state index is 0.458. The van der Waals surface area contributed by atoms with Gasteiger partial charge in [-0.15, -0.1) is 0 Å². The third-order valence-electron chi connectivity index (χ3n) is 2.83. The van der Waals surface area contributed by atoms with E-state index in [1.807, 2.05) is 0 Å². The van der Waals surface area contributed by atoms with E-state index >= 15 is 0 Å². The van der Waals surface area contributed by atoms with Crippen molar-refractivity contribution in [2.24, 2.45) is 0 Å². The number of hydrogen-bond donors (Lipinski definition) is 0. The quantitative estimate of drug-likeness (QED) is 0.557. The van der Waals surface area contributed by atoms with Crippen LogP contribution in [-0.2, 0) is 14.2 Å². The number of methoxy groups -OCH3 is 1. The van der Waals surface area contributed by atoms with Gasteiger partial charge in [0.05, 0.1) is 19.3 Å². The van der Waals surface area contributed by atoms with Gasteiger partial charge in [0.25, 0.3) is 0 Å². The maximum atomic E-state index is 5.60. The topological polar surface area (TPSA) is 30.9 Å². The Bertz CT molecular complexity index is 166. The summed E-state index contributed by atoms with van der Waals surface area (Å²) in [6.07, 6.45) is 2.74. The predicted molar refractivity (Wildman–Crippen MR) is 63.8 cm³/mol. The molecule has 1 aliphatic heterocycles. The highest BCUT2D eigenvalue weighted by Crippen LogP contribution is 2.12. The summed E-state index contributed by atoms with van der Waals surface area (Å²) in [5.41, 5.74) is 0. The molecule has 0 radical (unpaired) electrons. The molecule has 1 fully saturated rings. The zero-order chi connectivity index (χ0) is 11.6. The summed E-state index contributed by atoms with van der Waals surface area (Å²) in [4.78, 5) is 2.46. The Balaban J connectivity index is 1.90. The molecule has 1 saturated heterocycles. The van der Waals surface area contributed by atoms with Gasteiger partial charge in [-0.25, -0.2) is 0 Å². The lowest BCUT2D eigenvalue weighted by atomic mass is 10.3. The van der Waals surface area contributed by atoms with Crippen LogP contribution < -0.4 is 0 Å². The van der Waals surface area contributed by atoms with Crippen molar-refractivity contribution in [3.8, 4) is 0 Å². The van der Waals surface area contributed by atoms with Gasteiger partial charge in [0.15, 0.2) is 0 Å². The van der Waals surface area contributed by atoms with Crippen LogP contribution >= 0.6 is 0 Å². The monoisotopic (exact) mass is 231 g/mol. The van der Waals surface area contributed by atoms with Crippen LogP contribution in [0.15, 0.2) is 0 Å². The Morgan fingerprint density at radius 3 is 2.88 bits per heavy atom. The summed E-state index contributed by atoms with van der Waals surface area (Å²) >= 11 is 0. The fourth-order valence-electron chi connectivity index (χ4n) is 2.01. The Morgan fingerprint density at radius 2 is 2.12 bits per heavy atom. The van der Waals surface area contributed by atoms with Crippen LogP contribution in [0.4, 0.5) is 0 Å². The first-order chi connectivity index (χ1) is 7.86. The number of ether oxygens (including phenoxy) is 3. The molecule has 96 valence electrons. The molecule has 1 atom stereocenters. The maximum absolute atomic E-state index is 5.60. The number of nitrogens with zero attached hydrogens (tertiary/aromatic N) is 1. The van der Waals surface area contributed by atoms with E-state index in [0.29, 0.717) is 19.3 Å². The molecule has 1 aliphatic rings. The van der Waals surface area contributed by atoms with Crippen LogP contribution in [0.2, 0.25) is 0 Å². The lowest BCUT2D eigenvalue weighted by Crippen LogP contribution is -2.25. The van der Waals surface area contributed by atoms with Crippen molar-refractivity contribution in [1.29, 1.82) is 0 Å². The largest absolute Gasteiger partial charge is 0.382 e. The van der Waals surface area contributed by atoms with Gasteiger partial charge in [0, 0.05) is 40.0 Å². The van der Waals surface area contributed by atoms with Crippen LogP contribution in [0.5, 0.6) is 0 Å². The first kappa shape index (κ1) is 13.9. The van der Waals surface area contributed by atoms with E-state index < -0.39 is 0 Å². The molecule has 0 bridgehead atoms. The molecular weight excluding hydrogens is 206 g/mol. The molecule has 0 unspecified atom stereocenters. The number of hydrogen-bond acceptors (Lipinski definition) is 4. The summed E-state index contributed by atoms with van der Waals surface area (Å²) in [6.45, 7) is 8.50. The van der Waals surface area contributed by atoms with Gasteiger partial charge >= 0.3 is 0 Å². The highest BCUT2D eigenvalue weighted by Gasteiger charge is 2.21. The minimum absolute atomic E-state index is 0.458. The van der Waals surface area contributed by atoms with Gasteiger partial charge in [0.1, 0.15) is 0 Å². The van der Waals surface area contributed by atoms with Gasteiger partial charge in [-0.1, -0.05) is 0 Å². The van der Waals surface area contributed by atoms with E-state index in [4.69, 9.17) is 14.2 Å². The molecule has 0 aromatic heterocycles. The van der Waals surface area contributed by atoms with E-state index in [0.717, 1.165) is 32.7 Å². The zero-order valence-corrected chi connectivity index (χ0v) is 10.6. The highest BCUT2D eigenvalue weighted by molar-refractivity contribution is 4.75.